The number of halogens is 1. The maximum Gasteiger partial charge on any atom is 0.0137 e. The Morgan fingerprint density at radius 2 is 1.37 bits per heavy atom. The van der Waals surface area contributed by atoms with Gasteiger partial charge in [0.05, 0.1) is 0 Å². The highest BCUT2D eigenvalue weighted by atomic mass is 127. The summed E-state index contributed by atoms with van der Waals surface area (Å²) in [5.41, 5.74) is 4.28. The molecule has 0 amide bonds. The van der Waals surface area contributed by atoms with Crippen LogP contribution in [0.5, 0.6) is 0 Å². The minimum Gasteiger partial charge on any atom is -0.0850 e. The zero-order valence-electron chi connectivity index (χ0n) is 16.4. The molecule has 0 atom stereocenters. The molecule has 1 heteroatoms. The van der Waals surface area contributed by atoms with Crippen LogP contribution in [0.2, 0.25) is 0 Å². The monoisotopic (exact) mass is 466 g/mol. The molecule has 0 spiro atoms. The molecule has 138 valence electrons. The quantitative estimate of drug-likeness (QED) is 0.189. The lowest BCUT2D eigenvalue weighted by atomic mass is 9.86. The largest absolute Gasteiger partial charge is 0.0850 e. The zero-order valence-corrected chi connectivity index (χ0v) is 18.5. The molecule has 0 heterocycles. The maximum absolute atomic E-state index is 4.27. The van der Waals surface area contributed by atoms with Crippen LogP contribution in [0.15, 0.2) is 49.0 Å². The molecule has 0 bridgehead atoms. The first-order chi connectivity index (χ1) is 13.2. The second-order valence-corrected chi connectivity index (χ2v) is 8.97. The molecule has 0 aliphatic carbocycles. The second kappa shape index (κ2) is 7.79. The molecule has 0 radical (unpaired) electrons. The van der Waals surface area contributed by atoms with Crippen LogP contribution in [0.1, 0.15) is 56.2 Å². The predicted octanol–water partition coefficient (Wildman–Crippen LogP) is 8.67. The standard InChI is InChI=1S/C26H27I/c1-4-6-8-18-10-11-19-12-13-22-20(9-7-5-2)16-24(17(3)27)23-15-14-21(18)25(19)26(22)23/h10-16H,3-9H2,1-2H3. The van der Waals surface area contributed by atoms with Gasteiger partial charge >= 0.3 is 0 Å². The van der Waals surface area contributed by atoms with Gasteiger partial charge in [-0.05, 0) is 103 Å². The molecule has 0 saturated heterocycles. The fraction of sp³-hybridized carbons (Fsp3) is 0.308. The minimum atomic E-state index is 1.13. The van der Waals surface area contributed by atoms with E-state index >= 15 is 0 Å². The Balaban J connectivity index is 2.11. The summed E-state index contributed by atoms with van der Waals surface area (Å²) in [5, 5.41) is 8.50. The number of benzene rings is 4. The Morgan fingerprint density at radius 3 is 2.07 bits per heavy atom. The molecule has 0 aromatic heterocycles. The third-order valence-corrected chi connectivity index (χ3v) is 6.43. The van der Waals surface area contributed by atoms with Crippen molar-refractivity contribution in [3.8, 4) is 0 Å². The van der Waals surface area contributed by atoms with Crippen molar-refractivity contribution in [2.75, 3.05) is 0 Å². The molecule has 0 nitrogen and oxygen atoms in total. The van der Waals surface area contributed by atoms with E-state index in [-0.39, 0.29) is 0 Å². The topological polar surface area (TPSA) is 0 Å². The highest BCUT2D eigenvalue weighted by molar-refractivity contribution is 14.1. The third-order valence-electron chi connectivity index (χ3n) is 5.85. The number of aryl methyl sites for hydroxylation is 2. The van der Waals surface area contributed by atoms with Gasteiger partial charge in [-0.1, -0.05) is 69.7 Å². The lowest BCUT2D eigenvalue weighted by Crippen LogP contribution is -1.96. The Morgan fingerprint density at radius 1 is 0.778 bits per heavy atom. The van der Waals surface area contributed by atoms with Gasteiger partial charge < -0.3 is 0 Å². The molecule has 4 aromatic rings. The zero-order chi connectivity index (χ0) is 19.0. The van der Waals surface area contributed by atoms with Crippen molar-refractivity contribution < 1.29 is 0 Å². The van der Waals surface area contributed by atoms with Crippen molar-refractivity contribution in [1.29, 1.82) is 0 Å². The SMILES string of the molecule is C=C(I)c1cc(CCCC)c2ccc3ccc(CCCC)c4ccc1c2c34. The molecule has 0 saturated carbocycles. The summed E-state index contributed by atoms with van der Waals surface area (Å²) in [4.78, 5) is 0. The van der Waals surface area contributed by atoms with Crippen molar-refractivity contribution in [1.82, 2.24) is 0 Å². The summed E-state index contributed by atoms with van der Waals surface area (Å²) < 4.78 is 1.13. The van der Waals surface area contributed by atoms with Gasteiger partial charge in [0.25, 0.3) is 0 Å². The summed E-state index contributed by atoms with van der Waals surface area (Å²) in [6.07, 6.45) is 7.26. The normalized spacial score (nSPS) is 11.8. The van der Waals surface area contributed by atoms with Crippen LogP contribution >= 0.6 is 22.6 Å². The fourth-order valence-corrected chi connectivity index (χ4v) is 4.86. The minimum absolute atomic E-state index is 1.13. The van der Waals surface area contributed by atoms with Crippen LogP contribution in [0, 0.1) is 0 Å². The van der Waals surface area contributed by atoms with Crippen molar-refractivity contribution in [2.24, 2.45) is 0 Å². The molecule has 0 aliphatic heterocycles. The van der Waals surface area contributed by atoms with Crippen molar-refractivity contribution in [2.45, 2.75) is 52.4 Å². The summed E-state index contributed by atoms with van der Waals surface area (Å²) in [6, 6.07) is 16.4. The third kappa shape index (κ3) is 3.24. The van der Waals surface area contributed by atoms with E-state index < -0.39 is 0 Å². The van der Waals surface area contributed by atoms with E-state index in [0.29, 0.717) is 0 Å². The summed E-state index contributed by atoms with van der Waals surface area (Å²) >= 11 is 2.39. The van der Waals surface area contributed by atoms with Gasteiger partial charge in [-0.25, -0.2) is 0 Å². The van der Waals surface area contributed by atoms with E-state index in [1.54, 1.807) is 0 Å². The van der Waals surface area contributed by atoms with Gasteiger partial charge in [0, 0.05) is 3.58 Å². The van der Waals surface area contributed by atoms with Crippen LogP contribution in [-0.2, 0) is 12.8 Å². The van der Waals surface area contributed by atoms with Gasteiger partial charge in [-0.2, -0.15) is 0 Å². The van der Waals surface area contributed by atoms with E-state index in [1.165, 1.54) is 81.1 Å². The van der Waals surface area contributed by atoms with E-state index in [4.69, 9.17) is 0 Å². The second-order valence-electron chi connectivity index (χ2n) is 7.67. The maximum atomic E-state index is 4.27. The van der Waals surface area contributed by atoms with Crippen LogP contribution in [0.4, 0.5) is 0 Å². The van der Waals surface area contributed by atoms with Gasteiger partial charge in [0.2, 0.25) is 0 Å². The number of hydrogen-bond acceptors (Lipinski definition) is 0. The average molecular weight is 466 g/mol. The Kier molecular flexibility index (Phi) is 5.41. The van der Waals surface area contributed by atoms with Crippen LogP contribution < -0.4 is 0 Å². The first-order valence-corrected chi connectivity index (χ1v) is 11.3. The molecule has 4 aromatic carbocycles. The molecule has 0 N–H and O–H groups in total. The van der Waals surface area contributed by atoms with Crippen molar-refractivity contribution in [3.63, 3.8) is 0 Å². The van der Waals surface area contributed by atoms with Gasteiger partial charge in [-0.3, -0.25) is 0 Å². The van der Waals surface area contributed by atoms with E-state index in [1.807, 2.05) is 0 Å². The Labute approximate surface area is 176 Å². The van der Waals surface area contributed by atoms with Gasteiger partial charge in [0.1, 0.15) is 0 Å². The molecule has 27 heavy (non-hydrogen) atoms. The molecular weight excluding hydrogens is 439 g/mol. The highest BCUT2D eigenvalue weighted by Crippen LogP contribution is 2.41. The molecule has 0 fully saturated rings. The molecule has 0 unspecified atom stereocenters. The summed E-state index contributed by atoms with van der Waals surface area (Å²) in [6.45, 7) is 8.82. The van der Waals surface area contributed by atoms with Gasteiger partial charge in [-0.15, -0.1) is 0 Å². The van der Waals surface area contributed by atoms with E-state index in [9.17, 15) is 0 Å². The number of hydrogen-bond donors (Lipinski definition) is 0. The fourth-order valence-electron chi connectivity index (χ4n) is 4.41. The Bertz CT molecular complexity index is 1120. The molecular formula is C26H27I. The first-order valence-electron chi connectivity index (χ1n) is 10.2. The van der Waals surface area contributed by atoms with Crippen LogP contribution in [0.3, 0.4) is 0 Å². The van der Waals surface area contributed by atoms with E-state index in [2.05, 4.69) is 85.5 Å². The number of unbranched alkanes of at least 4 members (excludes halogenated alkanes) is 2. The average Bonchev–Trinajstić information content (AvgIpc) is 2.69. The van der Waals surface area contributed by atoms with E-state index in [0.717, 1.165) is 10.0 Å². The van der Waals surface area contributed by atoms with Crippen LogP contribution in [0.25, 0.3) is 35.9 Å². The summed E-state index contributed by atoms with van der Waals surface area (Å²) in [7, 11) is 0. The van der Waals surface area contributed by atoms with Gasteiger partial charge in [0.15, 0.2) is 0 Å². The summed E-state index contributed by atoms with van der Waals surface area (Å²) in [5.74, 6) is 0. The van der Waals surface area contributed by atoms with Crippen LogP contribution in [-0.4, -0.2) is 0 Å². The first kappa shape index (κ1) is 18.7. The lowest BCUT2D eigenvalue weighted by molar-refractivity contribution is 0.799. The predicted molar refractivity (Wildman–Crippen MR) is 130 cm³/mol. The Hall–Kier alpha value is -1.61. The number of rotatable bonds is 7. The highest BCUT2D eigenvalue weighted by Gasteiger charge is 2.16. The smallest absolute Gasteiger partial charge is 0.0137 e. The molecule has 0 aliphatic rings. The molecule has 4 rings (SSSR count). The lowest BCUT2D eigenvalue weighted by Gasteiger charge is -2.18. The van der Waals surface area contributed by atoms with Crippen molar-refractivity contribution in [3.05, 3.63) is 65.7 Å². The van der Waals surface area contributed by atoms with Crippen molar-refractivity contribution >= 4 is 58.5 Å².